The summed E-state index contributed by atoms with van der Waals surface area (Å²) in [6, 6.07) is -0.858. The van der Waals surface area contributed by atoms with Crippen LogP contribution < -0.4 is 5.32 Å². The molecule has 0 unspecified atom stereocenters. The van der Waals surface area contributed by atoms with Crippen LogP contribution in [0, 0.1) is 0 Å². The highest BCUT2D eigenvalue weighted by molar-refractivity contribution is 5.03. The van der Waals surface area contributed by atoms with Crippen LogP contribution in [0.15, 0.2) is 0 Å². The molecule has 1 aromatic rings. The molecule has 1 N–H and O–H groups in total. The van der Waals surface area contributed by atoms with E-state index in [-0.39, 0.29) is 6.04 Å². The second-order valence-electron chi connectivity index (χ2n) is 5.19. The van der Waals surface area contributed by atoms with E-state index in [2.05, 4.69) is 15.5 Å². The van der Waals surface area contributed by atoms with E-state index >= 15 is 0 Å². The minimum atomic E-state index is -4.14. The van der Waals surface area contributed by atoms with Gasteiger partial charge in [0.1, 0.15) is 11.6 Å². The van der Waals surface area contributed by atoms with Gasteiger partial charge in [-0.05, 0) is 26.7 Å². The first-order valence-corrected chi connectivity index (χ1v) is 6.61. The molecular weight excluding hydrogens is 257 g/mol. The number of aromatic nitrogens is 3. The molecule has 0 fully saturated rings. The van der Waals surface area contributed by atoms with Crippen molar-refractivity contribution in [2.24, 2.45) is 0 Å². The van der Waals surface area contributed by atoms with Gasteiger partial charge in [-0.2, -0.15) is 13.2 Å². The first-order valence-electron chi connectivity index (χ1n) is 6.61. The van der Waals surface area contributed by atoms with Crippen molar-refractivity contribution < 1.29 is 13.2 Å². The molecule has 1 aliphatic rings. The number of nitrogens with one attached hydrogen (secondary N) is 1. The number of rotatable bonds is 4. The molecule has 0 aromatic carbocycles. The third-order valence-electron chi connectivity index (χ3n) is 3.35. The van der Waals surface area contributed by atoms with Crippen molar-refractivity contribution in [2.45, 2.75) is 64.3 Å². The van der Waals surface area contributed by atoms with Crippen molar-refractivity contribution in [3.63, 3.8) is 0 Å². The lowest BCUT2D eigenvalue weighted by molar-refractivity contribution is -0.139. The lowest BCUT2D eigenvalue weighted by Crippen LogP contribution is -2.34. The smallest absolute Gasteiger partial charge is 0.314 e. The summed E-state index contributed by atoms with van der Waals surface area (Å²) in [6.45, 7) is 4.23. The van der Waals surface area contributed by atoms with Crippen LogP contribution in [0.1, 0.15) is 50.8 Å². The fourth-order valence-corrected chi connectivity index (χ4v) is 2.56. The molecule has 0 amide bonds. The zero-order chi connectivity index (χ0) is 14.0. The fraction of sp³-hybridized carbons (Fsp3) is 0.833. The molecular formula is C12H19F3N4. The van der Waals surface area contributed by atoms with E-state index < -0.39 is 18.6 Å². The van der Waals surface area contributed by atoms with Crippen LogP contribution in [0.4, 0.5) is 13.2 Å². The fourth-order valence-electron chi connectivity index (χ4n) is 2.56. The van der Waals surface area contributed by atoms with Gasteiger partial charge in [-0.25, -0.2) is 0 Å². The molecule has 2 rings (SSSR count). The summed E-state index contributed by atoms with van der Waals surface area (Å²) in [7, 11) is 0. The van der Waals surface area contributed by atoms with Gasteiger partial charge in [0.25, 0.3) is 0 Å². The standard InChI is InChI=1S/C12H19F3N4/c1-8(7-12(13,14)15)16-9(2)11-18-17-10-5-3-4-6-19(10)11/h8-9,16H,3-7H2,1-2H3/t8-,9+/m0/s1. The number of fused-ring (bicyclic) bond motifs is 1. The summed E-state index contributed by atoms with van der Waals surface area (Å²) in [5, 5.41) is 11.2. The second-order valence-corrected chi connectivity index (χ2v) is 5.19. The molecule has 0 bridgehead atoms. The Labute approximate surface area is 110 Å². The van der Waals surface area contributed by atoms with Crippen LogP contribution in [0.25, 0.3) is 0 Å². The first-order chi connectivity index (χ1) is 8.87. The zero-order valence-electron chi connectivity index (χ0n) is 11.2. The van der Waals surface area contributed by atoms with Gasteiger partial charge in [-0.3, -0.25) is 0 Å². The molecule has 0 radical (unpaired) electrons. The largest absolute Gasteiger partial charge is 0.390 e. The highest BCUT2D eigenvalue weighted by atomic mass is 19.4. The minimum Gasteiger partial charge on any atom is -0.314 e. The summed E-state index contributed by atoms with van der Waals surface area (Å²) in [5.74, 6) is 1.68. The van der Waals surface area contributed by atoms with Crippen LogP contribution in [0.5, 0.6) is 0 Å². The minimum absolute atomic E-state index is 0.225. The van der Waals surface area contributed by atoms with Crippen LogP contribution in [-0.2, 0) is 13.0 Å². The molecule has 1 aliphatic heterocycles. The predicted molar refractivity (Wildman–Crippen MR) is 64.6 cm³/mol. The van der Waals surface area contributed by atoms with Crippen molar-refractivity contribution in [3.8, 4) is 0 Å². The van der Waals surface area contributed by atoms with Crippen molar-refractivity contribution in [3.05, 3.63) is 11.6 Å². The van der Waals surface area contributed by atoms with Crippen LogP contribution >= 0.6 is 0 Å². The maximum Gasteiger partial charge on any atom is 0.390 e. The number of aryl methyl sites for hydroxylation is 1. The Hall–Kier alpha value is -1.11. The van der Waals surface area contributed by atoms with E-state index in [0.29, 0.717) is 0 Å². The molecule has 1 aromatic heterocycles. The Morgan fingerprint density at radius 3 is 2.68 bits per heavy atom. The summed E-state index contributed by atoms with van der Waals surface area (Å²) in [5.41, 5.74) is 0. The number of nitrogens with zero attached hydrogens (tertiary/aromatic N) is 3. The van der Waals surface area contributed by atoms with Gasteiger partial charge in [0, 0.05) is 19.0 Å². The normalized spacial score (nSPS) is 19.0. The first kappa shape index (κ1) is 14.3. The third-order valence-corrected chi connectivity index (χ3v) is 3.35. The van der Waals surface area contributed by atoms with Crippen LogP contribution in [0.2, 0.25) is 0 Å². The maximum absolute atomic E-state index is 12.3. The number of hydrogen-bond donors (Lipinski definition) is 1. The molecule has 4 nitrogen and oxygen atoms in total. The van der Waals surface area contributed by atoms with E-state index in [1.165, 1.54) is 6.92 Å². The van der Waals surface area contributed by atoms with E-state index in [4.69, 9.17) is 0 Å². The molecule has 2 atom stereocenters. The molecule has 19 heavy (non-hydrogen) atoms. The number of alkyl halides is 3. The molecule has 0 aliphatic carbocycles. The molecule has 108 valence electrons. The Kier molecular flexibility index (Phi) is 4.13. The van der Waals surface area contributed by atoms with Crippen molar-refractivity contribution in [2.75, 3.05) is 0 Å². The van der Waals surface area contributed by atoms with Gasteiger partial charge in [0.15, 0.2) is 0 Å². The predicted octanol–water partition coefficient (Wildman–Crippen LogP) is 2.61. The number of hydrogen-bond acceptors (Lipinski definition) is 3. The lowest BCUT2D eigenvalue weighted by atomic mass is 10.1. The second kappa shape index (κ2) is 5.48. The van der Waals surface area contributed by atoms with Gasteiger partial charge < -0.3 is 9.88 Å². The lowest BCUT2D eigenvalue weighted by Gasteiger charge is -2.22. The van der Waals surface area contributed by atoms with Gasteiger partial charge in [-0.1, -0.05) is 0 Å². The molecule has 2 heterocycles. The molecule has 7 heteroatoms. The average Bonchev–Trinajstić information content (AvgIpc) is 2.69. The van der Waals surface area contributed by atoms with Gasteiger partial charge in [-0.15, -0.1) is 10.2 Å². The SMILES string of the molecule is C[C@@H](CC(F)(F)F)N[C@H](C)c1nnc2n1CCCC2. The quantitative estimate of drug-likeness (QED) is 0.919. The van der Waals surface area contributed by atoms with Crippen molar-refractivity contribution in [1.29, 1.82) is 0 Å². The average molecular weight is 276 g/mol. The van der Waals surface area contributed by atoms with Crippen molar-refractivity contribution >= 4 is 0 Å². The Balaban J connectivity index is 2.00. The highest BCUT2D eigenvalue weighted by Crippen LogP contribution is 2.23. The Morgan fingerprint density at radius 2 is 2.00 bits per heavy atom. The van der Waals surface area contributed by atoms with Gasteiger partial charge >= 0.3 is 6.18 Å². The topological polar surface area (TPSA) is 42.7 Å². The van der Waals surface area contributed by atoms with Gasteiger partial charge in [0.2, 0.25) is 0 Å². The monoisotopic (exact) mass is 276 g/mol. The Bertz CT molecular complexity index is 427. The van der Waals surface area contributed by atoms with E-state index in [1.807, 2.05) is 11.5 Å². The molecule has 0 saturated carbocycles. The summed E-state index contributed by atoms with van der Waals surface area (Å²) in [4.78, 5) is 0. The van der Waals surface area contributed by atoms with Crippen molar-refractivity contribution in [1.82, 2.24) is 20.1 Å². The highest BCUT2D eigenvalue weighted by Gasteiger charge is 2.31. The van der Waals surface area contributed by atoms with E-state index in [1.54, 1.807) is 0 Å². The van der Waals surface area contributed by atoms with Crippen LogP contribution in [0.3, 0.4) is 0 Å². The summed E-state index contributed by atoms with van der Waals surface area (Å²) in [6.07, 6.45) is -1.90. The summed E-state index contributed by atoms with van der Waals surface area (Å²) >= 11 is 0. The molecule has 0 spiro atoms. The third kappa shape index (κ3) is 3.68. The Morgan fingerprint density at radius 1 is 1.26 bits per heavy atom. The number of halogens is 3. The maximum atomic E-state index is 12.3. The van der Waals surface area contributed by atoms with Gasteiger partial charge in [0.05, 0.1) is 12.5 Å². The zero-order valence-corrected chi connectivity index (χ0v) is 11.2. The molecule has 0 saturated heterocycles. The summed E-state index contributed by atoms with van der Waals surface area (Å²) < 4.78 is 38.9. The van der Waals surface area contributed by atoms with Crippen LogP contribution in [-0.4, -0.2) is 27.0 Å². The van der Waals surface area contributed by atoms with E-state index in [9.17, 15) is 13.2 Å². The van der Waals surface area contributed by atoms with E-state index in [0.717, 1.165) is 37.5 Å².